The minimum atomic E-state index is -0.329. The van der Waals surface area contributed by atoms with Gasteiger partial charge in [0.05, 0.1) is 21.5 Å². The summed E-state index contributed by atoms with van der Waals surface area (Å²) in [5, 5.41) is 4.48. The minimum Gasteiger partial charge on any atom is -0.374 e. The fourth-order valence-electron chi connectivity index (χ4n) is 1.97. The predicted octanol–water partition coefficient (Wildman–Crippen LogP) is 2.43. The Morgan fingerprint density at radius 1 is 1.44 bits per heavy atom. The van der Waals surface area contributed by atoms with E-state index in [2.05, 4.69) is 28.0 Å². The van der Waals surface area contributed by atoms with Crippen LogP contribution in [-0.4, -0.2) is 28.0 Å². The highest BCUT2D eigenvalue weighted by molar-refractivity contribution is 9.10. The Bertz CT molecular complexity index is 401. The van der Waals surface area contributed by atoms with Crippen LogP contribution in [-0.2, 0) is 24.6 Å². The lowest BCUT2D eigenvalue weighted by Gasteiger charge is -2.31. The number of hydrogen-bond acceptors (Lipinski definition) is 3. The Hall–Kier alpha value is -0.390. The first kappa shape index (κ1) is 15.7. The van der Waals surface area contributed by atoms with Crippen LogP contribution in [0.4, 0.5) is 0 Å². The van der Waals surface area contributed by atoms with E-state index in [1.165, 1.54) is 0 Å². The van der Waals surface area contributed by atoms with Crippen molar-refractivity contribution in [2.24, 2.45) is 12.8 Å². The number of aromatic nitrogens is 2. The number of hydrogen-bond donors (Lipinski definition) is 1. The molecule has 4 nitrogen and oxygen atoms in total. The van der Waals surface area contributed by atoms with Crippen LogP contribution in [0.1, 0.15) is 39.1 Å². The van der Waals surface area contributed by atoms with E-state index in [0.29, 0.717) is 6.61 Å². The Kier molecular flexibility index (Phi) is 5.37. The van der Waals surface area contributed by atoms with Crippen LogP contribution in [0.2, 0.25) is 0 Å². The van der Waals surface area contributed by atoms with E-state index in [-0.39, 0.29) is 11.6 Å². The first-order valence-electron chi connectivity index (χ1n) is 6.43. The van der Waals surface area contributed by atoms with Crippen LogP contribution in [0, 0.1) is 0 Å². The summed E-state index contributed by atoms with van der Waals surface area (Å²) in [7, 11) is 1.96. The zero-order valence-electron chi connectivity index (χ0n) is 12.0. The number of nitrogens with two attached hydrogens (primary N) is 1. The molecule has 0 aliphatic rings. The molecule has 0 radical (unpaired) electrons. The number of aryl methyl sites for hydroxylation is 2. The third-order valence-corrected chi connectivity index (χ3v) is 4.24. The molecule has 1 unspecified atom stereocenters. The molecule has 1 heterocycles. The Morgan fingerprint density at radius 2 is 2.06 bits per heavy atom. The smallest absolute Gasteiger partial charge is 0.0780 e. The molecule has 0 aliphatic heterocycles. The van der Waals surface area contributed by atoms with Crippen LogP contribution in [0.3, 0.4) is 0 Å². The molecular formula is C13H24BrN3O. The Morgan fingerprint density at radius 3 is 2.50 bits per heavy atom. The maximum absolute atomic E-state index is 6.27. The van der Waals surface area contributed by atoms with Crippen molar-refractivity contribution in [1.29, 1.82) is 0 Å². The van der Waals surface area contributed by atoms with Gasteiger partial charge in [0.1, 0.15) is 0 Å². The van der Waals surface area contributed by atoms with E-state index >= 15 is 0 Å². The van der Waals surface area contributed by atoms with Gasteiger partial charge >= 0.3 is 0 Å². The highest BCUT2D eigenvalue weighted by Gasteiger charge is 2.29. The highest BCUT2D eigenvalue weighted by atomic mass is 79.9. The predicted molar refractivity (Wildman–Crippen MR) is 77.7 cm³/mol. The van der Waals surface area contributed by atoms with Gasteiger partial charge in [-0.15, -0.1) is 0 Å². The van der Waals surface area contributed by atoms with E-state index < -0.39 is 0 Å². The molecule has 0 saturated heterocycles. The number of halogens is 1. The van der Waals surface area contributed by atoms with Gasteiger partial charge < -0.3 is 10.5 Å². The van der Waals surface area contributed by atoms with E-state index in [0.717, 1.165) is 28.7 Å². The van der Waals surface area contributed by atoms with Gasteiger partial charge in [-0.05, 0) is 43.1 Å². The molecule has 1 aromatic rings. The van der Waals surface area contributed by atoms with Crippen molar-refractivity contribution in [1.82, 2.24) is 9.78 Å². The van der Waals surface area contributed by atoms with Gasteiger partial charge in [-0.2, -0.15) is 5.10 Å². The quantitative estimate of drug-likeness (QED) is 0.876. The molecule has 2 N–H and O–H groups in total. The SMILES string of the molecule is CCOC(C)(C)C(N)Cc1c(Br)c(CC)nn1C. The topological polar surface area (TPSA) is 53.1 Å². The van der Waals surface area contributed by atoms with E-state index in [1.54, 1.807) is 0 Å². The average Bonchev–Trinajstić information content (AvgIpc) is 2.56. The van der Waals surface area contributed by atoms with Crippen molar-refractivity contribution >= 4 is 15.9 Å². The molecule has 18 heavy (non-hydrogen) atoms. The molecule has 1 aromatic heterocycles. The lowest BCUT2D eigenvalue weighted by atomic mass is 9.95. The molecule has 0 bridgehead atoms. The van der Waals surface area contributed by atoms with Gasteiger partial charge in [-0.25, -0.2) is 0 Å². The average molecular weight is 318 g/mol. The van der Waals surface area contributed by atoms with Gasteiger partial charge in [0.15, 0.2) is 0 Å². The summed E-state index contributed by atoms with van der Waals surface area (Å²) in [6.45, 7) is 8.83. The third kappa shape index (κ3) is 3.33. The summed E-state index contributed by atoms with van der Waals surface area (Å²) in [5.41, 5.74) is 8.15. The van der Waals surface area contributed by atoms with Gasteiger partial charge in [0.25, 0.3) is 0 Å². The second-order valence-electron chi connectivity index (χ2n) is 5.03. The number of ether oxygens (including phenoxy) is 1. The second kappa shape index (κ2) is 6.17. The number of rotatable bonds is 6. The second-order valence-corrected chi connectivity index (χ2v) is 5.82. The Balaban J connectivity index is 2.88. The molecule has 0 amide bonds. The summed E-state index contributed by atoms with van der Waals surface area (Å²) < 4.78 is 8.69. The summed E-state index contributed by atoms with van der Waals surface area (Å²) >= 11 is 3.62. The van der Waals surface area contributed by atoms with E-state index in [9.17, 15) is 0 Å². The van der Waals surface area contributed by atoms with Crippen molar-refractivity contribution in [3.05, 3.63) is 15.9 Å². The van der Waals surface area contributed by atoms with Crippen molar-refractivity contribution in [2.75, 3.05) is 6.61 Å². The maximum Gasteiger partial charge on any atom is 0.0780 e. The van der Waals surface area contributed by atoms with Crippen LogP contribution in [0.5, 0.6) is 0 Å². The van der Waals surface area contributed by atoms with Crippen LogP contribution >= 0.6 is 15.9 Å². The highest BCUT2D eigenvalue weighted by Crippen LogP contribution is 2.25. The number of nitrogens with zero attached hydrogens (tertiary/aromatic N) is 2. The monoisotopic (exact) mass is 317 g/mol. The molecule has 0 saturated carbocycles. The first-order valence-corrected chi connectivity index (χ1v) is 7.22. The molecule has 5 heteroatoms. The van der Waals surface area contributed by atoms with Crippen molar-refractivity contribution in [2.45, 2.75) is 52.2 Å². The van der Waals surface area contributed by atoms with Crippen LogP contribution in [0.15, 0.2) is 4.47 Å². The summed E-state index contributed by atoms with van der Waals surface area (Å²) in [6, 6.07) is -0.0612. The Labute approximate surface area is 118 Å². The van der Waals surface area contributed by atoms with Crippen LogP contribution in [0.25, 0.3) is 0 Å². The summed E-state index contributed by atoms with van der Waals surface area (Å²) in [4.78, 5) is 0. The fraction of sp³-hybridized carbons (Fsp3) is 0.769. The third-order valence-electron chi connectivity index (χ3n) is 3.33. The molecule has 1 rings (SSSR count). The van der Waals surface area contributed by atoms with Gasteiger partial charge in [-0.3, -0.25) is 4.68 Å². The first-order chi connectivity index (χ1) is 8.33. The zero-order chi connectivity index (χ0) is 13.9. The minimum absolute atomic E-state index is 0.0612. The van der Waals surface area contributed by atoms with Crippen LogP contribution < -0.4 is 5.73 Å². The lowest BCUT2D eigenvalue weighted by Crippen LogP contribution is -2.47. The molecule has 104 valence electrons. The van der Waals surface area contributed by atoms with Gasteiger partial charge in [0.2, 0.25) is 0 Å². The molecule has 1 atom stereocenters. The molecule has 0 fully saturated rings. The molecular weight excluding hydrogens is 294 g/mol. The summed E-state index contributed by atoms with van der Waals surface area (Å²) in [6.07, 6.45) is 1.66. The van der Waals surface area contributed by atoms with Crippen molar-refractivity contribution < 1.29 is 4.74 Å². The van der Waals surface area contributed by atoms with E-state index in [1.807, 2.05) is 32.5 Å². The normalized spacial score (nSPS) is 13.9. The molecule has 0 spiro atoms. The molecule has 0 aromatic carbocycles. The standard InChI is InChI=1S/C13H24BrN3O/c1-6-9-12(14)10(17(5)16-9)8-11(15)13(3,4)18-7-2/h11H,6-8,15H2,1-5H3. The zero-order valence-corrected chi connectivity index (χ0v) is 13.5. The molecule has 0 aliphatic carbocycles. The van der Waals surface area contributed by atoms with Crippen molar-refractivity contribution in [3.8, 4) is 0 Å². The fourth-order valence-corrected chi connectivity index (χ4v) is 2.75. The largest absolute Gasteiger partial charge is 0.374 e. The summed E-state index contributed by atoms with van der Waals surface area (Å²) in [5.74, 6) is 0. The van der Waals surface area contributed by atoms with Gasteiger partial charge in [0, 0.05) is 26.1 Å². The van der Waals surface area contributed by atoms with Gasteiger partial charge in [-0.1, -0.05) is 6.92 Å². The van der Waals surface area contributed by atoms with E-state index in [4.69, 9.17) is 10.5 Å². The maximum atomic E-state index is 6.27. The van der Waals surface area contributed by atoms with Crippen molar-refractivity contribution in [3.63, 3.8) is 0 Å². The lowest BCUT2D eigenvalue weighted by molar-refractivity contribution is -0.0291.